The van der Waals surface area contributed by atoms with E-state index in [2.05, 4.69) is 25.7 Å². The molecule has 0 atom stereocenters. The van der Waals surface area contributed by atoms with Crippen LogP contribution in [0.4, 0.5) is 0 Å². The van der Waals surface area contributed by atoms with Gasteiger partial charge in [0.1, 0.15) is 0 Å². The highest BCUT2D eigenvalue weighted by Gasteiger charge is 2.20. The molecule has 0 aromatic rings. The zero-order valence-electron chi connectivity index (χ0n) is 13.5. The van der Waals surface area contributed by atoms with Crippen LogP contribution in [0.15, 0.2) is 0 Å². The van der Waals surface area contributed by atoms with Gasteiger partial charge in [-0.25, -0.2) is 0 Å². The van der Waals surface area contributed by atoms with E-state index in [-0.39, 0.29) is 0 Å². The number of hydrogen-bond donors (Lipinski definition) is 0. The SMILES string of the molecule is CCCCN(CCOCCC(C)C)C1CCCCC1. The monoisotopic (exact) mass is 269 g/mol. The fourth-order valence-electron chi connectivity index (χ4n) is 2.89. The topological polar surface area (TPSA) is 12.5 Å². The van der Waals surface area contributed by atoms with Crippen LogP contribution < -0.4 is 0 Å². The Kier molecular flexibility index (Phi) is 9.54. The van der Waals surface area contributed by atoms with Gasteiger partial charge in [0, 0.05) is 19.2 Å². The van der Waals surface area contributed by atoms with E-state index in [0.29, 0.717) is 0 Å². The van der Waals surface area contributed by atoms with Gasteiger partial charge in [-0.15, -0.1) is 0 Å². The van der Waals surface area contributed by atoms with Gasteiger partial charge in [0.05, 0.1) is 6.61 Å². The van der Waals surface area contributed by atoms with Gasteiger partial charge in [-0.3, -0.25) is 4.90 Å². The predicted molar refractivity (Wildman–Crippen MR) is 83.6 cm³/mol. The first kappa shape index (κ1) is 17.0. The van der Waals surface area contributed by atoms with E-state index in [1.807, 2.05) is 0 Å². The van der Waals surface area contributed by atoms with Crippen molar-refractivity contribution < 1.29 is 4.74 Å². The number of ether oxygens (including phenoxy) is 1. The van der Waals surface area contributed by atoms with Crippen LogP contribution in [-0.4, -0.2) is 37.2 Å². The normalized spacial score (nSPS) is 17.5. The van der Waals surface area contributed by atoms with E-state index >= 15 is 0 Å². The van der Waals surface area contributed by atoms with E-state index in [4.69, 9.17) is 4.74 Å². The molecule has 0 spiro atoms. The highest BCUT2D eigenvalue weighted by Crippen LogP contribution is 2.22. The fraction of sp³-hybridized carbons (Fsp3) is 1.00. The molecular formula is C17H35NO. The Morgan fingerprint density at radius 2 is 1.79 bits per heavy atom. The molecule has 0 heterocycles. The highest BCUT2D eigenvalue weighted by atomic mass is 16.5. The minimum Gasteiger partial charge on any atom is -0.380 e. The van der Waals surface area contributed by atoms with Gasteiger partial charge in [0.15, 0.2) is 0 Å². The summed E-state index contributed by atoms with van der Waals surface area (Å²) in [6.07, 6.45) is 11.0. The van der Waals surface area contributed by atoms with Crippen molar-refractivity contribution in [3.8, 4) is 0 Å². The van der Waals surface area contributed by atoms with Crippen molar-refractivity contribution in [2.24, 2.45) is 5.92 Å². The second kappa shape index (κ2) is 10.7. The molecule has 1 rings (SSSR count). The highest BCUT2D eigenvalue weighted by molar-refractivity contribution is 4.75. The molecular weight excluding hydrogens is 234 g/mol. The Morgan fingerprint density at radius 3 is 2.42 bits per heavy atom. The van der Waals surface area contributed by atoms with Crippen molar-refractivity contribution in [3.05, 3.63) is 0 Å². The molecule has 0 aromatic carbocycles. The van der Waals surface area contributed by atoms with Gasteiger partial charge < -0.3 is 4.74 Å². The lowest BCUT2D eigenvalue weighted by atomic mass is 9.94. The molecule has 1 aliphatic carbocycles. The Bertz CT molecular complexity index is 199. The summed E-state index contributed by atoms with van der Waals surface area (Å²) >= 11 is 0. The first-order valence-electron chi connectivity index (χ1n) is 8.55. The summed E-state index contributed by atoms with van der Waals surface area (Å²) in [7, 11) is 0. The average molecular weight is 269 g/mol. The molecule has 114 valence electrons. The second-order valence-electron chi connectivity index (χ2n) is 6.48. The molecule has 1 fully saturated rings. The van der Waals surface area contributed by atoms with E-state index in [1.165, 1.54) is 57.9 Å². The zero-order chi connectivity index (χ0) is 13.9. The number of nitrogens with zero attached hydrogens (tertiary/aromatic N) is 1. The summed E-state index contributed by atoms with van der Waals surface area (Å²) in [5.41, 5.74) is 0. The zero-order valence-corrected chi connectivity index (χ0v) is 13.5. The lowest BCUT2D eigenvalue weighted by molar-refractivity contribution is 0.0706. The van der Waals surface area contributed by atoms with Crippen molar-refractivity contribution in [3.63, 3.8) is 0 Å². The van der Waals surface area contributed by atoms with Gasteiger partial charge >= 0.3 is 0 Å². The van der Waals surface area contributed by atoms with Gasteiger partial charge in [0.2, 0.25) is 0 Å². The average Bonchev–Trinajstić information content (AvgIpc) is 2.42. The molecule has 0 saturated heterocycles. The molecule has 1 aliphatic rings. The van der Waals surface area contributed by atoms with E-state index in [9.17, 15) is 0 Å². The Hall–Kier alpha value is -0.0800. The number of rotatable bonds is 10. The molecule has 0 unspecified atom stereocenters. The van der Waals surface area contributed by atoms with Crippen LogP contribution in [0.2, 0.25) is 0 Å². The van der Waals surface area contributed by atoms with E-state index in [0.717, 1.165) is 31.7 Å². The summed E-state index contributed by atoms with van der Waals surface area (Å²) in [4.78, 5) is 2.71. The van der Waals surface area contributed by atoms with E-state index in [1.54, 1.807) is 0 Å². The van der Waals surface area contributed by atoms with Crippen LogP contribution in [0.1, 0.15) is 72.1 Å². The summed E-state index contributed by atoms with van der Waals surface area (Å²) < 4.78 is 5.80. The third-order valence-corrected chi connectivity index (χ3v) is 4.25. The summed E-state index contributed by atoms with van der Waals surface area (Å²) in [6, 6.07) is 0.842. The van der Waals surface area contributed by atoms with Crippen molar-refractivity contribution in [2.75, 3.05) is 26.3 Å². The third kappa shape index (κ3) is 7.94. The summed E-state index contributed by atoms with van der Waals surface area (Å²) in [5.74, 6) is 0.759. The van der Waals surface area contributed by atoms with Crippen LogP contribution in [0.5, 0.6) is 0 Å². The standard InChI is InChI=1S/C17H35NO/c1-4-5-12-18(17-9-7-6-8-10-17)13-15-19-14-11-16(2)3/h16-17H,4-15H2,1-3H3. The molecule has 0 bridgehead atoms. The first-order valence-corrected chi connectivity index (χ1v) is 8.55. The lowest BCUT2D eigenvalue weighted by Crippen LogP contribution is -2.39. The largest absolute Gasteiger partial charge is 0.380 e. The predicted octanol–water partition coefficient (Wildman–Crippen LogP) is 4.48. The van der Waals surface area contributed by atoms with Gasteiger partial charge in [-0.2, -0.15) is 0 Å². The van der Waals surface area contributed by atoms with Gasteiger partial charge in [-0.05, 0) is 38.1 Å². The maximum absolute atomic E-state index is 5.80. The van der Waals surface area contributed by atoms with Crippen molar-refractivity contribution in [1.29, 1.82) is 0 Å². The van der Waals surface area contributed by atoms with Crippen LogP contribution in [-0.2, 0) is 4.74 Å². The van der Waals surface area contributed by atoms with Crippen molar-refractivity contribution in [1.82, 2.24) is 4.90 Å². The number of hydrogen-bond acceptors (Lipinski definition) is 2. The van der Waals surface area contributed by atoms with Crippen LogP contribution in [0.25, 0.3) is 0 Å². The summed E-state index contributed by atoms with van der Waals surface area (Å²) in [5, 5.41) is 0. The van der Waals surface area contributed by atoms with Gasteiger partial charge in [-0.1, -0.05) is 46.5 Å². The lowest BCUT2D eigenvalue weighted by Gasteiger charge is -2.34. The smallest absolute Gasteiger partial charge is 0.0593 e. The Balaban J connectivity index is 2.20. The van der Waals surface area contributed by atoms with Crippen molar-refractivity contribution >= 4 is 0 Å². The first-order chi connectivity index (χ1) is 9.24. The minimum absolute atomic E-state index is 0.759. The maximum atomic E-state index is 5.80. The maximum Gasteiger partial charge on any atom is 0.0593 e. The molecule has 19 heavy (non-hydrogen) atoms. The molecule has 0 amide bonds. The van der Waals surface area contributed by atoms with Gasteiger partial charge in [0.25, 0.3) is 0 Å². The summed E-state index contributed by atoms with van der Waals surface area (Å²) in [6.45, 7) is 11.1. The van der Waals surface area contributed by atoms with Crippen LogP contribution >= 0.6 is 0 Å². The molecule has 0 N–H and O–H groups in total. The Labute approximate surface area is 120 Å². The second-order valence-corrected chi connectivity index (χ2v) is 6.48. The quantitative estimate of drug-likeness (QED) is 0.542. The number of unbranched alkanes of at least 4 members (excludes halogenated alkanes) is 1. The molecule has 2 nitrogen and oxygen atoms in total. The van der Waals surface area contributed by atoms with Crippen molar-refractivity contribution in [2.45, 2.75) is 78.2 Å². The van der Waals surface area contributed by atoms with Crippen LogP contribution in [0, 0.1) is 5.92 Å². The molecule has 0 aliphatic heterocycles. The van der Waals surface area contributed by atoms with E-state index < -0.39 is 0 Å². The molecule has 1 saturated carbocycles. The van der Waals surface area contributed by atoms with Crippen LogP contribution in [0.3, 0.4) is 0 Å². The molecule has 2 heteroatoms. The Morgan fingerprint density at radius 1 is 1.05 bits per heavy atom. The fourth-order valence-corrected chi connectivity index (χ4v) is 2.89. The third-order valence-electron chi connectivity index (χ3n) is 4.25. The minimum atomic E-state index is 0.759. The molecule has 0 radical (unpaired) electrons. The molecule has 0 aromatic heterocycles.